The monoisotopic (exact) mass is 367 g/mol. The van der Waals surface area contributed by atoms with E-state index in [0.717, 1.165) is 16.5 Å². The number of nitrogens with zero attached hydrogens (tertiary/aromatic N) is 4. The Bertz CT molecular complexity index is 1010. The summed E-state index contributed by atoms with van der Waals surface area (Å²) in [6.07, 6.45) is 3.85. The molecule has 3 rings (SSSR count). The number of carbonyl (C=O) groups excluding carboxylic acids is 2. The van der Waals surface area contributed by atoms with Crippen molar-refractivity contribution in [2.24, 2.45) is 0 Å². The predicted octanol–water partition coefficient (Wildman–Crippen LogP) is 2.20. The SMILES string of the molecule is CCC(C)(NC(=O)c1nnn(-c2cccc3cnccc23)c1C)C(=O)OC. The maximum absolute atomic E-state index is 12.7. The highest BCUT2D eigenvalue weighted by atomic mass is 16.5. The molecule has 2 aromatic heterocycles. The van der Waals surface area contributed by atoms with Gasteiger partial charge in [-0.05, 0) is 32.4 Å². The number of hydrogen-bond acceptors (Lipinski definition) is 6. The molecule has 1 atom stereocenters. The van der Waals surface area contributed by atoms with E-state index in [9.17, 15) is 9.59 Å². The van der Waals surface area contributed by atoms with E-state index < -0.39 is 17.4 Å². The average molecular weight is 367 g/mol. The summed E-state index contributed by atoms with van der Waals surface area (Å²) in [5.74, 6) is -0.986. The lowest BCUT2D eigenvalue weighted by Crippen LogP contribution is -2.52. The number of ether oxygens (including phenoxy) is 1. The van der Waals surface area contributed by atoms with E-state index in [-0.39, 0.29) is 5.69 Å². The molecule has 0 saturated heterocycles. The molecular formula is C19H21N5O3. The summed E-state index contributed by atoms with van der Waals surface area (Å²) in [5.41, 5.74) is 0.391. The second-order valence-corrected chi connectivity index (χ2v) is 6.44. The Morgan fingerprint density at radius 2 is 2.07 bits per heavy atom. The molecule has 27 heavy (non-hydrogen) atoms. The first-order valence-corrected chi connectivity index (χ1v) is 8.57. The van der Waals surface area contributed by atoms with Crippen LogP contribution in [-0.4, -0.2) is 44.5 Å². The molecular weight excluding hydrogens is 346 g/mol. The van der Waals surface area contributed by atoms with Crippen LogP contribution in [0.5, 0.6) is 0 Å². The van der Waals surface area contributed by atoms with Crippen molar-refractivity contribution < 1.29 is 14.3 Å². The standard InChI is InChI=1S/C19H21N5O3/c1-5-19(3,18(26)27-4)21-17(25)16-12(2)24(23-22-16)15-8-6-7-13-11-20-10-9-14(13)15/h6-11H,5H2,1-4H3,(H,21,25). The van der Waals surface area contributed by atoms with Crippen LogP contribution >= 0.6 is 0 Å². The highest BCUT2D eigenvalue weighted by Gasteiger charge is 2.35. The molecule has 0 aliphatic rings. The molecule has 0 aliphatic carbocycles. The molecule has 0 radical (unpaired) electrons. The first-order chi connectivity index (χ1) is 12.9. The number of benzene rings is 1. The number of rotatable bonds is 5. The highest BCUT2D eigenvalue weighted by Crippen LogP contribution is 2.23. The molecule has 0 bridgehead atoms. The summed E-state index contributed by atoms with van der Waals surface area (Å²) in [7, 11) is 1.29. The highest BCUT2D eigenvalue weighted by molar-refractivity contribution is 5.97. The largest absolute Gasteiger partial charge is 0.467 e. The molecule has 2 heterocycles. The van der Waals surface area contributed by atoms with Gasteiger partial charge in [0.15, 0.2) is 5.69 Å². The summed E-state index contributed by atoms with van der Waals surface area (Å²) in [6.45, 7) is 5.18. The van der Waals surface area contributed by atoms with Gasteiger partial charge in [0, 0.05) is 23.2 Å². The van der Waals surface area contributed by atoms with Crippen LogP contribution in [0, 0.1) is 6.92 Å². The van der Waals surface area contributed by atoms with Crippen molar-refractivity contribution in [1.82, 2.24) is 25.3 Å². The molecule has 3 aromatic rings. The Kier molecular flexibility index (Phi) is 4.89. The van der Waals surface area contributed by atoms with Crippen LogP contribution in [0.15, 0.2) is 36.7 Å². The van der Waals surface area contributed by atoms with Crippen LogP contribution in [0.1, 0.15) is 36.5 Å². The van der Waals surface area contributed by atoms with Crippen LogP contribution < -0.4 is 5.32 Å². The first-order valence-electron chi connectivity index (χ1n) is 8.57. The van der Waals surface area contributed by atoms with Crippen molar-refractivity contribution in [2.75, 3.05) is 7.11 Å². The molecule has 1 N–H and O–H groups in total. The minimum absolute atomic E-state index is 0.157. The summed E-state index contributed by atoms with van der Waals surface area (Å²) < 4.78 is 6.40. The second-order valence-electron chi connectivity index (χ2n) is 6.44. The number of carbonyl (C=O) groups is 2. The molecule has 140 valence electrons. The first kappa shape index (κ1) is 18.5. The van der Waals surface area contributed by atoms with Crippen molar-refractivity contribution >= 4 is 22.6 Å². The summed E-state index contributed by atoms with van der Waals surface area (Å²) in [5, 5.41) is 12.8. The zero-order valence-corrected chi connectivity index (χ0v) is 15.7. The van der Waals surface area contributed by atoms with Gasteiger partial charge in [0.1, 0.15) is 5.54 Å². The number of amides is 1. The van der Waals surface area contributed by atoms with Crippen molar-refractivity contribution in [2.45, 2.75) is 32.7 Å². The number of aromatic nitrogens is 4. The van der Waals surface area contributed by atoms with E-state index in [4.69, 9.17) is 4.74 Å². The summed E-state index contributed by atoms with van der Waals surface area (Å²) >= 11 is 0. The topological polar surface area (TPSA) is 99.0 Å². The average Bonchev–Trinajstić information content (AvgIpc) is 3.08. The zero-order chi connectivity index (χ0) is 19.6. The Morgan fingerprint density at radius 3 is 2.78 bits per heavy atom. The Labute approximate surface area is 156 Å². The third kappa shape index (κ3) is 3.25. The van der Waals surface area contributed by atoms with Crippen molar-refractivity contribution in [3.63, 3.8) is 0 Å². The summed E-state index contributed by atoms with van der Waals surface area (Å²) in [4.78, 5) is 28.9. The fourth-order valence-electron chi connectivity index (χ4n) is 2.88. The molecule has 1 amide bonds. The third-order valence-electron chi connectivity index (χ3n) is 4.73. The van der Waals surface area contributed by atoms with E-state index in [1.807, 2.05) is 24.3 Å². The Balaban J connectivity index is 1.98. The number of nitrogens with one attached hydrogen (secondary N) is 1. The third-order valence-corrected chi connectivity index (χ3v) is 4.73. The molecule has 0 spiro atoms. The van der Waals surface area contributed by atoms with Gasteiger partial charge in [-0.2, -0.15) is 0 Å². The van der Waals surface area contributed by atoms with Gasteiger partial charge in [0.2, 0.25) is 0 Å². The molecule has 0 aliphatic heterocycles. The number of hydrogen-bond donors (Lipinski definition) is 1. The summed E-state index contributed by atoms with van der Waals surface area (Å²) in [6, 6.07) is 7.63. The van der Waals surface area contributed by atoms with Crippen molar-refractivity contribution in [3.05, 3.63) is 48.0 Å². The van der Waals surface area contributed by atoms with Gasteiger partial charge < -0.3 is 10.1 Å². The lowest BCUT2D eigenvalue weighted by atomic mass is 9.99. The Hall–Kier alpha value is -3.29. The molecule has 8 heteroatoms. The van der Waals surface area contributed by atoms with Crippen molar-refractivity contribution in [3.8, 4) is 5.69 Å². The van der Waals surface area contributed by atoms with Gasteiger partial charge in [0.25, 0.3) is 5.91 Å². The van der Waals surface area contributed by atoms with Crippen LogP contribution in [0.2, 0.25) is 0 Å². The predicted molar refractivity (Wildman–Crippen MR) is 99.6 cm³/mol. The van der Waals surface area contributed by atoms with Gasteiger partial charge in [-0.1, -0.05) is 24.3 Å². The number of pyridine rings is 1. The number of methoxy groups -OCH3 is 1. The molecule has 1 aromatic carbocycles. The van der Waals surface area contributed by atoms with Gasteiger partial charge in [-0.25, -0.2) is 9.48 Å². The molecule has 0 saturated carbocycles. The van der Waals surface area contributed by atoms with Gasteiger partial charge >= 0.3 is 5.97 Å². The van der Waals surface area contributed by atoms with Crippen LogP contribution in [0.4, 0.5) is 0 Å². The zero-order valence-electron chi connectivity index (χ0n) is 15.7. The minimum atomic E-state index is -1.13. The molecule has 0 fully saturated rings. The van der Waals surface area contributed by atoms with E-state index in [1.54, 1.807) is 37.8 Å². The second kappa shape index (κ2) is 7.14. The van der Waals surface area contributed by atoms with E-state index >= 15 is 0 Å². The maximum atomic E-state index is 12.7. The van der Waals surface area contributed by atoms with Crippen LogP contribution in [0.3, 0.4) is 0 Å². The normalized spacial score (nSPS) is 13.2. The van der Waals surface area contributed by atoms with Crippen LogP contribution in [0.25, 0.3) is 16.5 Å². The maximum Gasteiger partial charge on any atom is 0.331 e. The van der Waals surface area contributed by atoms with E-state index in [1.165, 1.54) is 7.11 Å². The Morgan fingerprint density at radius 1 is 1.30 bits per heavy atom. The fourth-order valence-corrected chi connectivity index (χ4v) is 2.88. The van der Waals surface area contributed by atoms with Gasteiger partial charge in [-0.3, -0.25) is 9.78 Å². The van der Waals surface area contributed by atoms with Crippen LogP contribution in [-0.2, 0) is 9.53 Å². The quantitative estimate of drug-likeness (QED) is 0.694. The molecule has 1 unspecified atom stereocenters. The van der Waals surface area contributed by atoms with Gasteiger partial charge in [-0.15, -0.1) is 5.10 Å². The van der Waals surface area contributed by atoms with E-state index in [0.29, 0.717) is 12.1 Å². The number of fused-ring (bicyclic) bond motifs is 1. The van der Waals surface area contributed by atoms with Crippen molar-refractivity contribution in [1.29, 1.82) is 0 Å². The minimum Gasteiger partial charge on any atom is -0.467 e. The molecule has 8 nitrogen and oxygen atoms in total. The fraction of sp³-hybridized carbons (Fsp3) is 0.316. The smallest absolute Gasteiger partial charge is 0.331 e. The lowest BCUT2D eigenvalue weighted by Gasteiger charge is -2.26. The lowest BCUT2D eigenvalue weighted by molar-refractivity contribution is -0.147. The van der Waals surface area contributed by atoms with E-state index in [2.05, 4.69) is 20.6 Å². The number of esters is 1. The van der Waals surface area contributed by atoms with Gasteiger partial charge in [0.05, 0.1) is 18.5 Å².